The molecule has 1 heterocycles. The molecule has 0 saturated carbocycles. The van der Waals surface area contributed by atoms with Gasteiger partial charge in [0.25, 0.3) is 0 Å². The van der Waals surface area contributed by atoms with Gasteiger partial charge in [-0.25, -0.2) is 92.6 Å². The average Bonchev–Trinajstić information content (AvgIpc) is 3.31. The first-order chi connectivity index (χ1) is 30.9. The van der Waals surface area contributed by atoms with Crippen molar-refractivity contribution in [1.29, 1.82) is 0 Å². The van der Waals surface area contributed by atoms with Crippen molar-refractivity contribution in [3.63, 3.8) is 0 Å². The lowest BCUT2D eigenvalue weighted by Gasteiger charge is -2.44. The second-order valence-corrected chi connectivity index (χ2v) is 13.5. The van der Waals surface area contributed by atoms with Crippen molar-refractivity contribution in [2.24, 2.45) is 0 Å². The van der Waals surface area contributed by atoms with E-state index in [4.69, 9.17) is 4.74 Å². The van der Waals surface area contributed by atoms with Crippen LogP contribution in [0.25, 0.3) is 0 Å². The van der Waals surface area contributed by atoms with E-state index < -0.39 is 144 Å². The molecule has 0 spiro atoms. The molecular formula is C41H18BF20NO3. The normalized spacial score (nSPS) is 11.4. The number of carbonyl (C=O) groups is 2. The van der Waals surface area contributed by atoms with Crippen LogP contribution in [-0.2, 0) is 11.3 Å². The third kappa shape index (κ3) is 8.29. The van der Waals surface area contributed by atoms with Crippen LogP contribution in [0.1, 0.15) is 34.1 Å². The molecule has 25 heteroatoms. The maximum atomic E-state index is 15.4. The Hall–Kier alpha value is -6.95. The van der Waals surface area contributed by atoms with Gasteiger partial charge in [-0.15, -0.1) is 21.9 Å². The van der Waals surface area contributed by atoms with Crippen LogP contribution < -0.4 is 26.4 Å². The molecule has 6 rings (SSSR count). The van der Waals surface area contributed by atoms with Gasteiger partial charge < -0.3 is 4.74 Å². The molecule has 0 aliphatic heterocycles. The summed E-state index contributed by atoms with van der Waals surface area (Å²) >= 11 is 0. The Bertz CT molecular complexity index is 2540. The number of carbonyl (C=O) groups excluding carboxylic acids is 2. The van der Waals surface area contributed by atoms with Crippen LogP contribution in [0.3, 0.4) is 0 Å². The standard InChI is InChI=1S/C24BF20.C17H18NO3/c26-5-1(6(27)14(35)21(42)13(5)34)25(2-7(28)15(36)22(43)16(37)8(2)29,3-9(30)17(38)23(44)18(39)10(3)31)4-11(32)19(40)24(45)20(41)12(4)33;1-2-12-21-17(20)15-8-10-18(11-9-15)13-16(19)14-6-4-3-5-7-14/h;3-11H,2,12-13H2,1H3/q-1;+1. The van der Waals surface area contributed by atoms with E-state index in [1.165, 1.54) is 0 Å². The highest BCUT2D eigenvalue weighted by Gasteiger charge is 2.52. The molecule has 0 fully saturated rings. The first-order valence-electron chi connectivity index (χ1n) is 17.9. The number of esters is 1. The first-order valence-corrected chi connectivity index (χ1v) is 17.9. The number of aromatic nitrogens is 1. The molecule has 0 atom stereocenters. The van der Waals surface area contributed by atoms with E-state index in [2.05, 4.69) is 0 Å². The van der Waals surface area contributed by atoms with Crippen molar-refractivity contribution in [3.8, 4) is 0 Å². The number of hydrogen-bond acceptors (Lipinski definition) is 3. The van der Waals surface area contributed by atoms with Gasteiger partial charge in [0, 0.05) is 17.7 Å². The number of hydrogen-bond donors (Lipinski definition) is 0. The highest BCUT2D eigenvalue weighted by molar-refractivity contribution is 7.20. The fourth-order valence-corrected chi connectivity index (χ4v) is 6.73. The SMILES string of the molecule is CCCOC(=O)c1cc[n+](CC(=O)c2ccccc2)cc1.Fc1c(F)c(F)c([B-](c2c(F)c(F)c(F)c(F)c2F)(c2c(F)c(F)c(F)c(F)c2F)c2c(F)c(F)c(F)c(F)c2F)c(F)c1F. The lowest BCUT2D eigenvalue weighted by molar-refractivity contribution is -0.683. The zero-order valence-corrected chi connectivity index (χ0v) is 32.1. The largest absolute Gasteiger partial charge is 0.462 e. The van der Waals surface area contributed by atoms with Crippen LogP contribution >= 0.6 is 0 Å². The van der Waals surface area contributed by atoms with Crippen molar-refractivity contribution in [2.45, 2.75) is 19.9 Å². The summed E-state index contributed by atoms with van der Waals surface area (Å²) in [6.07, 6.45) is -3.00. The van der Waals surface area contributed by atoms with E-state index in [1.54, 1.807) is 41.2 Å². The Morgan fingerprint density at radius 3 is 0.955 bits per heavy atom. The quantitative estimate of drug-likeness (QED) is 0.0265. The molecule has 0 saturated heterocycles. The summed E-state index contributed by atoms with van der Waals surface area (Å²) in [5, 5.41) is 0. The summed E-state index contributed by atoms with van der Waals surface area (Å²) < 4.78 is 301. The Kier molecular flexibility index (Phi) is 14.6. The molecule has 5 aromatic carbocycles. The van der Waals surface area contributed by atoms with Crippen LogP contribution in [0.15, 0.2) is 54.9 Å². The molecule has 4 nitrogen and oxygen atoms in total. The van der Waals surface area contributed by atoms with Crippen LogP contribution in [0.4, 0.5) is 87.8 Å². The molecule has 0 unspecified atom stereocenters. The highest BCUT2D eigenvalue weighted by Crippen LogP contribution is 2.30. The van der Waals surface area contributed by atoms with Gasteiger partial charge in [-0.3, -0.25) is 4.79 Å². The highest BCUT2D eigenvalue weighted by atomic mass is 19.2. The maximum Gasteiger partial charge on any atom is 0.338 e. The number of nitrogens with zero attached hydrogens (tertiary/aromatic N) is 1. The number of Topliss-reactive ketones (excluding diaryl/α,β-unsaturated/α-hetero) is 1. The Morgan fingerprint density at radius 2 is 0.682 bits per heavy atom. The lowest BCUT2D eigenvalue weighted by Crippen LogP contribution is -2.81. The summed E-state index contributed by atoms with van der Waals surface area (Å²) in [7, 11) is 0. The number of halogens is 20. The topological polar surface area (TPSA) is 47.2 Å². The van der Waals surface area contributed by atoms with Crippen LogP contribution in [0.5, 0.6) is 0 Å². The van der Waals surface area contributed by atoms with E-state index in [9.17, 15) is 62.3 Å². The summed E-state index contributed by atoms with van der Waals surface area (Å²) in [6, 6.07) is 12.5. The fraction of sp³-hybridized carbons (Fsp3) is 0.0976. The number of pyridine rings is 1. The van der Waals surface area contributed by atoms with Crippen molar-refractivity contribution >= 4 is 39.7 Å². The zero-order chi connectivity index (χ0) is 49.4. The second kappa shape index (κ2) is 19.3. The minimum absolute atomic E-state index is 0.0295. The number of benzene rings is 5. The monoisotopic (exact) mass is 963 g/mol. The van der Waals surface area contributed by atoms with Crippen LogP contribution in [0.2, 0.25) is 0 Å². The summed E-state index contributed by atoms with van der Waals surface area (Å²) in [5.41, 5.74) is -13.2. The predicted molar refractivity (Wildman–Crippen MR) is 187 cm³/mol. The molecule has 0 N–H and O–H groups in total. The number of ether oxygens (including phenoxy) is 1. The molecule has 0 aliphatic carbocycles. The number of rotatable bonds is 10. The summed E-state index contributed by atoms with van der Waals surface area (Å²) in [6.45, 7) is 2.61. The molecule has 6 aromatic rings. The first kappa shape index (κ1) is 50.1. The van der Waals surface area contributed by atoms with Gasteiger partial charge in [0.15, 0.2) is 82.2 Å². The predicted octanol–water partition coefficient (Wildman–Crippen LogP) is 8.27. The van der Waals surface area contributed by atoms with Crippen LogP contribution in [0, 0.1) is 116 Å². The van der Waals surface area contributed by atoms with Crippen molar-refractivity contribution < 1.29 is 107 Å². The van der Waals surface area contributed by atoms with Gasteiger partial charge in [0.2, 0.25) is 12.3 Å². The third-order valence-electron chi connectivity index (χ3n) is 9.69. The second-order valence-electron chi connectivity index (χ2n) is 13.5. The van der Waals surface area contributed by atoms with E-state index in [-0.39, 0.29) is 18.3 Å². The van der Waals surface area contributed by atoms with E-state index in [0.29, 0.717) is 17.7 Å². The van der Waals surface area contributed by atoms with Crippen molar-refractivity contribution in [3.05, 3.63) is 182 Å². The van der Waals surface area contributed by atoms with E-state index >= 15 is 35.1 Å². The van der Waals surface area contributed by atoms with Crippen molar-refractivity contribution in [1.82, 2.24) is 0 Å². The maximum absolute atomic E-state index is 15.4. The van der Waals surface area contributed by atoms with E-state index in [0.717, 1.165) is 6.42 Å². The van der Waals surface area contributed by atoms with Gasteiger partial charge in [0.05, 0.1) is 12.2 Å². The smallest absolute Gasteiger partial charge is 0.338 e. The molecule has 1 aromatic heterocycles. The molecule has 0 radical (unpaired) electrons. The molecular weight excluding hydrogens is 945 g/mol. The van der Waals surface area contributed by atoms with Gasteiger partial charge in [0.1, 0.15) is 52.7 Å². The third-order valence-corrected chi connectivity index (χ3v) is 9.69. The zero-order valence-electron chi connectivity index (χ0n) is 32.1. The lowest BCUT2D eigenvalue weighted by atomic mass is 9.12. The fourth-order valence-electron chi connectivity index (χ4n) is 6.73. The van der Waals surface area contributed by atoms with Crippen molar-refractivity contribution in [2.75, 3.05) is 6.61 Å². The minimum atomic E-state index is -7.22. The van der Waals surface area contributed by atoms with Gasteiger partial charge in [-0.05, 0) is 6.42 Å². The van der Waals surface area contributed by atoms with Gasteiger partial charge in [-0.1, -0.05) is 37.3 Å². The number of ketones is 1. The van der Waals surface area contributed by atoms with Gasteiger partial charge in [-0.2, -0.15) is 4.57 Å². The Labute approximate surface area is 355 Å². The summed E-state index contributed by atoms with van der Waals surface area (Å²) in [4.78, 5) is 23.7. The average molecular weight is 963 g/mol. The van der Waals surface area contributed by atoms with Crippen LogP contribution in [-0.4, -0.2) is 24.5 Å². The summed E-state index contributed by atoms with van der Waals surface area (Å²) in [5.74, 6) is -71.7. The molecule has 0 amide bonds. The minimum Gasteiger partial charge on any atom is -0.462 e. The molecule has 0 bridgehead atoms. The Balaban J connectivity index is 0.000000324. The molecule has 66 heavy (non-hydrogen) atoms. The molecule has 348 valence electrons. The molecule has 0 aliphatic rings. The Morgan fingerprint density at radius 1 is 0.409 bits per heavy atom. The van der Waals surface area contributed by atoms with Gasteiger partial charge >= 0.3 is 5.97 Å². The van der Waals surface area contributed by atoms with E-state index in [1.807, 2.05) is 25.1 Å².